The Hall–Kier alpha value is -2.28. The second kappa shape index (κ2) is 4.68. The predicted molar refractivity (Wildman–Crippen MR) is 77.1 cm³/mol. The van der Waals surface area contributed by atoms with Crippen molar-refractivity contribution in [3.8, 4) is 11.3 Å². The third-order valence-corrected chi connectivity index (χ3v) is 4.16. The van der Waals surface area contributed by atoms with Crippen molar-refractivity contribution in [2.24, 2.45) is 0 Å². The van der Waals surface area contributed by atoms with E-state index < -0.39 is 0 Å². The highest BCUT2D eigenvalue weighted by Crippen LogP contribution is 2.27. The predicted octanol–water partition coefficient (Wildman–Crippen LogP) is 3.24. The van der Waals surface area contributed by atoms with Gasteiger partial charge in [0.15, 0.2) is 0 Å². The summed E-state index contributed by atoms with van der Waals surface area (Å²) in [5.41, 5.74) is 2.19. The highest BCUT2D eigenvalue weighted by molar-refractivity contribution is 7.16. The van der Waals surface area contributed by atoms with Gasteiger partial charge in [-0.1, -0.05) is 30.4 Å². The fourth-order valence-corrected chi connectivity index (χ4v) is 2.80. The van der Waals surface area contributed by atoms with Gasteiger partial charge in [0.25, 0.3) is 5.69 Å². The number of fused-ring (bicyclic) bond motifs is 1. The number of nitro benzene ring substituents is 1. The van der Waals surface area contributed by atoms with E-state index in [9.17, 15) is 10.1 Å². The van der Waals surface area contributed by atoms with Crippen LogP contribution in [0.4, 0.5) is 5.69 Å². The number of rotatable bonds is 3. The van der Waals surface area contributed by atoms with E-state index in [1.165, 1.54) is 11.3 Å². The number of nitro groups is 1. The molecule has 3 rings (SSSR count). The molecule has 0 bridgehead atoms. The van der Waals surface area contributed by atoms with Crippen LogP contribution in [0.5, 0.6) is 0 Å². The summed E-state index contributed by atoms with van der Waals surface area (Å²) in [5, 5.41) is 16.4. The molecule has 0 saturated heterocycles. The Labute approximate surface area is 118 Å². The minimum Gasteiger partial charge on any atom is -0.258 e. The number of benzene rings is 1. The summed E-state index contributed by atoms with van der Waals surface area (Å²) < 4.78 is 1.73. The first-order chi connectivity index (χ1) is 9.58. The monoisotopic (exact) mass is 288 g/mol. The van der Waals surface area contributed by atoms with E-state index in [1.54, 1.807) is 29.8 Å². The molecule has 3 aromatic rings. The average molecular weight is 288 g/mol. The summed E-state index contributed by atoms with van der Waals surface area (Å²) in [6.07, 6.45) is 2.68. The molecule has 0 fully saturated rings. The van der Waals surface area contributed by atoms with Gasteiger partial charge in [0.1, 0.15) is 5.01 Å². The van der Waals surface area contributed by atoms with E-state index in [-0.39, 0.29) is 10.6 Å². The van der Waals surface area contributed by atoms with E-state index >= 15 is 0 Å². The second-order valence-corrected chi connectivity index (χ2v) is 5.50. The van der Waals surface area contributed by atoms with E-state index in [2.05, 4.69) is 10.1 Å². The summed E-state index contributed by atoms with van der Waals surface area (Å²) in [6, 6.07) is 5.14. The molecular formula is C13H12N4O2S. The van der Waals surface area contributed by atoms with E-state index in [1.807, 2.05) is 13.0 Å². The molecule has 2 heterocycles. The van der Waals surface area contributed by atoms with Crippen molar-refractivity contribution in [1.82, 2.24) is 14.6 Å². The fraction of sp³-hybridized carbons (Fsp3) is 0.231. The minimum absolute atomic E-state index is 0.112. The molecule has 0 N–H and O–H groups in total. The summed E-state index contributed by atoms with van der Waals surface area (Å²) in [7, 11) is 0. The van der Waals surface area contributed by atoms with Crippen LogP contribution in [-0.4, -0.2) is 19.5 Å². The molecule has 102 valence electrons. The van der Waals surface area contributed by atoms with Gasteiger partial charge in [-0.15, -0.1) is 0 Å². The molecule has 20 heavy (non-hydrogen) atoms. The second-order valence-electron chi connectivity index (χ2n) is 4.46. The van der Waals surface area contributed by atoms with Gasteiger partial charge in [-0.2, -0.15) is 5.10 Å². The lowest BCUT2D eigenvalue weighted by molar-refractivity contribution is -0.385. The van der Waals surface area contributed by atoms with Gasteiger partial charge in [-0.25, -0.2) is 9.50 Å². The van der Waals surface area contributed by atoms with Gasteiger partial charge >= 0.3 is 0 Å². The molecule has 0 radical (unpaired) electrons. The lowest BCUT2D eigenvalue weighted by Gasteiger charge is -1.99. The number of hydrogen-bond acceptors (Lipinski definition) is 5. The molecule has 0 spiro atoms. The van der Waals surface area contributed by atoms with Crippen LogP contribution >= 0.6 is 11.3 Å². The van der Waals surface area contributed by atoms with Gasteiger partial charge in [0, 0.05) is 17.2 Å². The normalized spacial score (nSPS) is 11.1. The first-order valence-electron chi connectivity index (χ1n) is 6.19. The van der Waals surface area contributed by atoms with Crippen LogP contribution in [0.25, 0.3) is 16.2 Å². The largest absolute Gasteiger partial charge is 0.272 e. The molecule has 2 aromatic heterocycles. The first-order valence-corrected chi connectivity index (χ1v) is 7.00. The summed E-state index contributed by atoms with van der Waals surface area (Å²) >= 11 is 1.53. The van der Waals surface area contributed by atoms with Crippen molar-refractivity contribution in [1.29, 1.82) is 0 Å². The molecular weight excluding hydrogens is 276 g/mol. The smallest absolute Gasteiger partial charge is 0.258 e. The summed E-state index contributed by atoms with van der Waals surface area (Å²) in [4.78, 5) is 15.9. The molecule has 7 heteroatoms. The number of aromatic nitrogens is 3. The maximum atomic E-state index is 11.0. The molecule has 0 unspecified atom stereocenters. The Balaban J connectivity index is 2.08. The quantitative estimate of drug-likeness (QED) is 0.548. The maximum Gasteiger partial charge on any atom is 0.272 e. The van der Waals surface area contributed by atoms with Crippen LogP contribution < -0.4 is 0 Å². The van der Waals surface area contributed by atoms with Crippen molar-refractivity contribution in [2.45, 2.75) is 20.3 Å². The molecule has 0 aliphatic rings. The van der Waals surface area contributed by atoms with E-state index in [4.69, 9.17) is 0 Å². The SMILES string of the molecule is CCc1nn2cc(-c3ccc(C)c([N+](=O)[O-])c3)nc2s1. The molecule has 0 aliphatic heterocycles. The molecule has 1 aromatic carbocycles. The van der Waals surface area contributed by atoms with Gasteiger partial charge in [0.05, 0.1) is 16.8 Å². The molecule has 0 atom stereocenters. The molecule has 0 saturated carbocycles. The Morgan fingerprint density at radius 3 is 2.90 bits per heavy atom. The lowest BCUT2D eigenvalue weighted by atomic mass is 10.1. The standard InChI is InChI=1S/C13H12N4O2S/c1-3-12-15-16-7-10(14-13(16)20-12)9-5-4-8(2)11(6-9)17(18)19/h4-7H,3H2,1-2H3. The Morgan fingerprint density at radius 1 is 1.45 bits per heavy atom. The average Bonchev–Trinajstić information content (AvgIpc) is 2.96. The van der Waals surface area contributed by atoms with Gasteiger partial charge in [-0.05, 0) is 13.3 Å². The van der Waals surface area contributed by atoms with Crippen LogP contribution in [0.1, 0.15) is 17.5 Å². The fourth-order valence-electron chi connectivity index (χ4n) is 1.99. The van der Waals surface area contributed by atoms with Gasteiger partial charge < -0.3 is 0 Å². The Morgan fingerprint density at radius 2 is 2.25 bits per heavy atom. The zero-order chi connectivity index (χ0) is 14.3. The highest BCUT2D eigenvalue weighted by atomic mass is 32.1. The molecule has 0 amide bonds. The third kappa shape index (κ3) is 2.05. The van der Waals surface area contributed by atoms with Crippen LogP contribution in [0, 0.1) is 17.0 Å². The van der Waals surface area contributed by atoms with Gasteiger partial charge in [-0.3, -0.25) is 10.1 Å². The van der Waals surface area contributed by atoms with Crippen molar-refractivity contribution in [3.63, 3.8) is 0 Å². The highest BCUT2D eigenvalue weighted by Gasteiger charge is 2.14. The van der Waals surface area contributed by atoms with E-state index in [0.29, 0.717) is 11.3 Å². The Bertz CT molecular complexity index is 774. The van der Waals surface area contributed by atoms with Crippen LogP contribution in [0.3, 0.4) is 0 Å². The van der Waals surface area contributed by atoms with Crippen LogP contribution in [0.2, 0.25) is 0 Å². The third-order valence-electron chi connectivity index (χ3n) is 3.09. The van der Waals surface area contributed by atoms with E-state index in [0.717, 1.165) is 22.0 Å². The Kier molecular flexibility index (Phi) is 2.98. The minimum atomic E-state index is -0.370. The summed E-state index contributed by atoms with van der Waals surface area (Å²) in [6.45, 7) is 3.77. The van der Waals surface area contributed by atoms with Gasteiger partial charge in [0.2, 0.25) is 4.96 Å². The zero-order valence-corrected chi connectivity index (χ0v) is 11.8. The lowest BCUT2D eigenvalue weighted by Crippen LogP contribution is -1.92. The van der Waals surface area contributed by atoms with Crippen molar-refractivity contribution >= 4 is 22.0 Å². The first kappa shape index (κ1) is 12.7. The van der Waals surface area contributed by atoms with Crippen molar-refractivity contribution in [3.05, 3.63) is 45.1 Å². The molecule has 0 aliphatic carbocycles. The van der Waals surface area contributed by atoms with Crippen molar-refractivity contribution < 1.29 is 4.92 Å². The van der Waals surface area contributed by atoms with Crippen LogP contribution in [-0.2, 0) is 6.42 Å². The zero-order valence-electron chi connectivity index (χ0n) is 11.0. The van der Waals surface area contributed by atoms with Crippen molar-refractivity contribution in [2.75, 3.05) is 0 Å². The molecule has 6 nitrogen and oxygen atoms in total. The number of nitrogens with zero attached hydrogens (tertiary/aromatic N) is 4. The maximum absolute atomic E-state index is 11.0. The van der Waals surface area contributed by atoms with Crippen LogP contribution in [0.15, 0.2) is 24.4 Å². The number of imidazole rings is 1. The topological polar surface area (TPSA) is 73.3 Å². The number of hydrogen-bond donors (Lipinski definition) is 0. The number of aryl methyl sites for hydroxylation is 2. The summed E-state index contributed by atoms with van der Waals surface area (Å²) in [5.74, 6) is 0.